The summed E-state index contributed by atoms with van der Waals surface area (Å²) in [5.74, 6) is 1.38. The van der Waals surface area contributed by atoms with Gasteiger partial charge in [-0.15, -0.1) is 0 Å². The number of nitrogens with zero attached hydrogens (tertiary/aromatic N) is 1. The molecule has 0 N–H and O–H groups in total. The molecule has 0 amide bonds. The Morgan fingerprint density at radius 2 is 2.12 bits per heavy atom. The number of benzene rings is 1. The summed E-state index contributed by atoms with van der Waals surface area (Å²) in [7, 11) is 0. The molecule has 4 heteroatoms. The Morgan fingerprint density at radius 1 is 1.38 bits per heavy atom. The topological polar surface area (TPSA) is 26.0 Å². The molecule has 2 nitrogen and oxygen atoms in total. The molecule has 0 aliphatic rings. The van der Waals surface area contributed by atoms with Gasteiger partial charge in [0, 0.05) is 10.6 Å². The van der Waals surface area contributed by atoms with Gasteiger partial charge in [0.25, 0.3) is 0 Å². The first-order chi connectivity index (χ1) is 7.47. The molecule has 0 saturated carbocycles. The van der Waals surface area contributed by atoms with E-state index in [-0.39, 0.29) is 4.32 Å². The number of hydrogen-bond donors (Lipinski definition) is 0. The van der Waals surface area contributed by atoms with E-state index >= 15 is 0 Å². The molecule has 0 aliphatic heterocycles. The van der Waals surface area contributed by atoms with E-state index in [9.17, 15) is 0 Å². The summed E-state index contributed by atoms with van der Waals surface area (Å²) in [6, 6.07) is 7.45. The van der Waals surface area contributed by atoms with Gasteiger partial charge in [0.2, 0.25) is 5.89 Å². The maximum Gasteiger partial charge on any atom is 0.226 e. The molecule has 0 radical (unpaired) electrons. The quantitative estimate of drug-likeness (QED) is 0.756. The predicted molar refractivity (Wildman–Crippen MR) is 68.9 cm³/mol. The Kier molecular flexibility index (Phi) is 3.08. The van der Waals surface area contributed by atoms with Crippen LogP contribution in [0.5, 0.6) is 0 Å². The highest BCUT2D eigenvalue weighted by Gasteiger charge is 2.21. The van der Waals surface area contributed by atoms with Crippen LogP contribution in [0.15, 0.2) is 34.9 Å². The van der Waals surface area contributed by atoms with Gasteiger partial charge in [-0.1, -0.05) is 33.6 Å². The Labute approximate surface area is 108 Å². The third-order valence-corrected chi connectivity index (χ3v) is 2.79. The maximum atomic E-state index is 5.91. The van der Waals surface area contributed by atoms with Crippen LogP contribution in [0.3, 0.4) is 0 Å². The van der Waals surface area contributed by atoms with Crippen molar-refractivity contribution in [2.24, 2.45) is 0 Å². The number of rotatable bonds is 2. The van der Waals surface area contributed by atoms with E-state index in [4.69, 9.17) is 16.0 Å². The minimum atomic E-state index is -0.211. The van der Waals surface area contributed by atoms with Gasteiger partial charge in [-0.3, -0.25) is 0 Å². The SMILES string of the molecule is CC(C)(Br)c1cnc(-c2cccc(Cl)c2)o1. The molecule has 1 aromatic carbocycles. The molecule has 1 heterocycles. The number of aromatic nitrogens is 1. The van der Waals surface area contributed by atoms with Gasteiger partial charge in [0.15, 0.2) is 0 Å². The molecule has 0 unspecified atom stereocenters. The first kappa shape index (κ1) is 11.7. The fourth-order valence-electron chi connectivity index (χ4n) is 1.30. The average molecular weight is 301 g/mol. The van der Waals surface area contributed by atoms with Crippen molar-refractivity contribution < 1.29 is 4.42 Å². The fraction of sp³-hybridized carbons (Fsp3) is 0.250. The van der Waals surface area contributed by atoms with Crippen LogP contribution in [0.4, 0.5) is 0 Å². The van der Waals surface area contributed by atoms with Gasteiger partial charge in [0.05, 0.1) is 10.5 Å². The van der Waals surface area contributed by atoms with Crippen LogP contribution >= 0.6 is 27.5 Å². The third kappa shape index (κ3) is 2.47. The summed E-state index contributed by atoms with van der Waals surface area (Å²) >= 11 is 9.44. The van der Waals surface area contributed by atoms with Gasteiger partial charge in [-0.25, -0.2) is 4.98 Å². The first-order valence-corrected chi connectivity index (χ1v) is 6.05. The second-order valence-electron chi connectivity index (χ2n) is 4.01. The molecule has 0 saturated heterocycles. The van der Waals surface area contributed by atoms with Crippen molar-refractivity contribution in [3.63, 3.8) is 0 Å². The smallest absolute Gasteiger partial charge is 0.226 e. The summed E-state index contributed by atoms with van der Waals surface area (Å²) < 4.78 is 5.46. The Morgan fingerprint density at radius 3 is 2.69 bits per heavy atom. The molecule has 2 aromatic rings. The molecular formula is C12H11BrClNO. The molecular weight excluding hydrogens is 289 g/mol. The minimum Gasteiger partial charge on any atom is -0.440 e. The zero-order valence-corrected chi connectivity index (χ0v) is 11.3. The Balaban J connectivity index is 2.39. The number of oxazole rings is 1. The van der Waals surface area contributed by atoms with Crippen LogP contribution in [0, 0.1) is 0 Å². The Bertz CT molecular complexity index is 502. The first-order valence-electron chi connectivity index (χ1n) is 4.88. The molecule has 0 spiro atoms. The van der Waals surface area contributed by atoms with Crippen molar-refractivity contribution in [3.8, 4) is 11.5 Å². The number of halogens is 2. The Hall–Kier alpha value is -0.800. The zero-order chi connectivity index (χ0) is 11.8. The van der Waals surface area contributed by atoms with Crippen LogP contribution in [0.25, 0.3) is 11.5 Å². The monoisotopic (exact) mass is 299 g/mol. The molecule has 0 fully saturated rings. The van der Waals surface area contributed by atoms with E-state index in [2.05, 4.69) is 20.9 Å². The summed E-state index contributed by atoms with van der Waals surface area (Å²) in [6.45, 7) is 4.02. The number of alkyl halides is 1. The van der Waals surface area contributed by atoms with E-state index in [1.807, 2.05) is 38.1 Å². The van der Waals surface area contributed by atoms with Crippen molar-refractivity contribution in [3.05, 3.63) is 41.2 Å². The number of hydrogen-bond acceptors (Lipinski definition) is 2. The van der Waals surface area contributed by atoms with Crippen LogP contribution in [-0.4, -0.2) is 4.98 Å². The predicted octanol–water partition coefficient (Wildman–Crippen LogP) is 4.63. The highest BCUT2D eigenvalue weighted by molar-refractivity contribution is 9.09. The average Bonchev–Trinajstić information content (AvgIpc) is 2.65. The van der Waals surface area contributed by atoms with E-state index in [1.54, 1.807) is 6.20 Å². The minimum absolute atomic E-state index is 0.211. The van der Waals surface area contributed by atoms with Gasteiger partial charge in [-0.2, -0.15) is 0 Å². The van der Waals surface area contributed by atoms with E-state index < -0.39 is 0 Å². The van der Waals surface area contributed by atoms with Crippen LogP contribution in [0.1, 0.15) is 19.6 Å². The lowest BCUT2D eigenvalue weighted by Gasteiger charge is -2.10. The molecule has 0 aliphatic carbocycles. The standard InChI is InChI=1S/C12H11BrClNO/c1-12(2,13)10-7-15-11(16-10)8-4-3-5-9(14)6-8/h3-7H,1-2H3. The van der Waals surface area contributed by atoms with Crippen molar-refractivity contribution >= 4 is 27.5 Å². The zero-order valence-electron chi connectivity index (χ0n) is 9.00. The van der Waals surface area contributed by atoms with Crippen molar-refractivity contribution in [1.29, 1.82) is 0 Å². The summed E-state index contributed by atoms with van der Waals surface area (Å²) in [4.78, 5) is 4.24. The largest absolute Gasteiger partial charge is 0.440 e. The van der Waals surface area contributed by atoms with Crippen LogP contribution < -0.4 is 0 Å². The second-order valence-corrected chi connectivity index (χ2v) is 6.43. The lowest BCUT2D eigenvalue weighted by atomic mass is 10.2. The lowest BCUT2D eigenvalue weighted by Crippen LogP contribution is -2.04. The molecule has 1 aromatic heterocycles. The molecule has 84 valence electrons. The van der Waals surface area contributed by atoms with Gasteiger partial charge in [0.1, 0.15) is 5.76 Å². The van der Waals surface area contributed by atoms with E-state index in [0.29, 0.717) is 10.9 Å². The fourth-order valence-corrected chi connectivity index (χ4v) is 1.68. The molecule has 16 heavy (non-hydrogen) atoms. The van der Waals surface area contributed by atoms with Crippen molar-refractivity contribution in [1.82, 2.24) is 4.98 Å². The highest BCUT2D eigenvalue weighted by atomic mass is 79.9. The normalized spacial score (nSPS) is 11.8. The summed E-state index contributed by atoms with van der Waals surface area (Å²) in [5.41, 5.74) is 0.885. The van der Waals surface area contributed by atoms with Crippen molar-refractivity contribution in [2.45, 2.75) is 18.2 Å². The second kappa shape index (κ2) is 4.22. The van der Waals surface area contributed by atoms with Gasteiger partial charge >= 0.3 is 0 Å². The maximum absolute atomic E-state index is 5.91. The molecule has 0 bridgehead atoms. The highest BCUT2D eigenvalue weighted by Crippen LogP contribution is 2.32. The van der Waals surface area contributed by atoms with Gasteiger partial charge in [-0.05, 0) is 32.0 Å². The summed E-state index contributed by atoms with van der Waals surface area (Å²) in [6.07, 6.45) is 1.73. The van der Waals surface area contributed by atoms with E-state index in [1.165, 1.54) is 0 Å². The van der Waals surface area contributed by atoms with Crippen molar-refractivity contribution in [2.75, 3.05) is 0 Å². The van der Waals surface area contributed by atoms with Crippen LogP contribution in [0.2, 0.25) is 5.02 Å². The summed E-state index contributed by atoms with van der Waals surface area (Å²) in [5, 5.41) is 0.676. The van der Waals surface area contributed by atoms with E-state index in [0.717, 1.165) is 11.3 Å². The molecule has 2 rings (SSSR count). The molecule has 0 atom stereocenters. The third-order valence-electron chi connectivity index (χ3n) is 2.16. The van der Waals surface area contributed by atoms with Crippen LogP contribution in [-0.2, 0) is 4.32 Å². The van der Waals surface area contributed by atoms with Gasteiger partial charge < -0.3 is 4.42 Å². The lowest BCUT2D eigenvalue weighted by molar-refractivity contribution is 0.481.